The maximum absolute atomic E-state index is 9.65. The van der Waals surface area contributed by atoms with Crippen molar-refractivity contribution in [1.82, 2.24) is 39.9 Å². The molecule has 2 aliphatic rings. The first-order chi connectivity index (χ1) is 23.0. The molecule has 12 nitrogen and oxygen atoms in total. The van der Waals surface area contributed by atoms with Gasteiger partial charge in [0.25, 0.3) is 0 Å². The number of aliphatic hydroxyl groups excluding tert-OH is 1. The maximum atomic E-state index is 9.65. The Bertz CT molecular complexity index is 2220. The molecule has 0 saturated carbocycles. The lowest BCUT2D eigenvalue weighted by molar-refractivity contribution is -0.139. The Hall–Kier alpha value is -6.37. The molecule has 0 aliphatic carbocycles. The molecular weight excluding hydrogens is 594 g/mol. The van der Waals surface area contributed by atoms with E-state index in [0.29, 0.717) is 45.9 Å². The summed E-state index contributed by atoms with van der Waals surface area (Å²) in [5.74, 6) is 1.21. The number of nitrogens with one attached hydrogen (secondary N) is 2. The first kappa shape index (κ1) is 28.1. The van der Waals surface area contributed by atoms with Gasteiger partial charge in [0.2, 0.25) is 0 Å². The second-order valence-corrected chi connectivity index (χ2v) is 10.9. The predicted octanol–water partition coefficient (Wildman–Crippen LogP) is 5.26. The van der Waals surface area contributed by atoms with E-state index in [1.807, 2.05) is 97.1 Å². The van der Waals surface area contributed by atoms with Crippen LogP contribution in [-0.2, 0) is 4.79 Å². The van der Waals surface area contributed by atoms with E-state index in [2.05, 4.69) is 9.97 Å². The maximum Gasteiger partial charge on any atom is 0.322 e. The third-order valence-corrected chi connectivity index (χ3v) is 7.97. The second-order valence-electron chi connectivity index (χ2n) is 10.9. The number of benzene rings is 4. The van der Waals surface area contributed by atoms with Crippen LogP contribution < -0.4 is 5.73 Å². The minimum atomic E-state index is -1.18. The van der Waals surface area contributed by atoms with E-state index >= 15 is 0 Å². The van der Waals surface area contributed by atoms with Gasteiger partial charge in [-0.25, -0.2) is 29.9 Å². The van der Waals surface area contributed by atoms with Crippen molar-refractivity contribution in [3.8, 4) is 45.6 Å². The van der Waals surface area contributed by atoms with Gasteiger partial charge in [-0.1, -0.05) is 97.1 Å². The van der Waals surface area contributed by atoms with Crippen LogP contribution in [0.1, 0.15) is 0 Å². The minimum absolute atomic E-state index is 0.505. The largest absolute Gasteiger partial charge is 0.480 e. The number of hydrogen-bond acceptors (Lipinski definition) is 9. The highest BCUT2D eigenvalue weighted by Gasteiger charge is 2.21. The molecule has 2 aliphatic heterocycles. The van der Waals surface area contributed by atoms with Crippen LogP contribution in [0.2, 0.25) is 0 Å². The molecule has 8 bridgehead atoms. The zero-order chi connectivity index (χ0) is 32.1. The number of nitrogens with zero attached hydrogens (tertiary/aromatic N) is 6. The molecule has 0 amide bonds. The number of carbonyl (C=O) groups is 1. The highest BCUT2D eigenvalue weighted by molar-refractivity contribution is 6.06. The number of carboxylic acids is 1. The standard InChI is InChI=1S/C32H18N8.C3H7NO3/c1-2-10-18-17(9-1)25-33-26(18)38-28-21-13-5-6-14-22(21)30(35-28)40-32-24-16-8-7-15-23(24)31(36-32)39-29-20-12-4-3-11-19(20)27(34-29)37-25;4-2(1-5)3(6)7/h1-16H,(H2,33,34,35,36,37,38,39,40);2,5H,1,4H2,(H,6,7)/t;2-/m.0/s1. The number of aromatic amines is 2. The Morgan fingerprint density at radius 3 is 1.04 bits per heavy atom. The lowest BCUT2D eigenvalue weighted by Gasteiger charge is -1.96. The lowest BCUT2D eigenvalue weighted by Crippen LogP contribution is -2.33. The first-order valence-corrected chi connectivity index (χ1v) is 14.8. The van der Waals surface area contributed by atoms with Crippen molar-refractivity contribution in [2.45, 2.75) is 6.04 Å². The lowest BCUT2D eigenvalue weighted by atomic mass is 10.1. The number of rotatable bonds is 2. The van der Waals surface area contributed by atoms with Gasteiger partial charge >= 0.3 is 5.97 Å². The van der Waals surface area contributed by atoms with E-state index in [4.69, 9.17) is 45.9 Å². The Morgan fingerprint density at radius 1 is 0.532 bits per heavy atom. The smallest absolute Gasteiger partial charge is 0.322 e. The van der Waals surface area contributed by atoms with E-state index in [1.165, 1.54) is 0 Å². The van der Waals surface area contributed by atoms with Gasteiger partial charge < -0.3 is 25.9 Å². The monoisotopic (exact) mass is 619 g/mol. The molecule has 0 saturated heterocycles. The molecule has 1 atom stereocenters. The van der Waals surface area contributed by atoms with Crippen LogP contribution in [-0.4, -0.2) is 68.7 Å². The van der Waals surface area contributed by atoms with Crippen molar-refractivity contribution in [2.75, 3.05) is 6.61 Å². The molecule has 47 heavy (non-hydrogen) atoms. The normalized spacial score (nSPS) is 12.2. The third-order valence-electron chi connectivity index (χ3n) is 7.97. The fourth-order valence-corrected chi connectivity index (χ4v) is 5.67. The summed E-state index contributed by atoms with van der Waals surface area (Å²) in [4.78, 5) is 46.4. The van der Waals surface area contributed by atoms with Crippen molar-refractivity contribution in [2.24, 2.45) is 5.73 Å². The van der Waals surface area contributed by atoms with Crippen molar-refractivity contribution in [3.05, 3.63) is 97.1 Å². The van der Waals surface area contributed by atoms with Crippen LogP contribution in [0.25, 0.3) is 89.7 Å². The van der Waals surface area contributed by atoms with Gasteiger partial charge in [-0.05, 0) is 0 Å². The van der Waals surface area contributed by atoms with Gasteiger partial charge in [-0.15, -0.1) is 0 Å². The van der Waals surface area contributed by atoms with Crippen molar-refractivity contribution in [1.29, 1.82) is 0 Å². The SMILES string of the molecule is N[C@@H](CO)C(=O)O.c1ccc2c(c1)-c1nc-2nc2[nH]c(nc3nc(nc4[nH]c(n1)c1ccccc41)-c1ccccc1-3)c1ccccc21. The second kappa shape index (κ2) is 11.2. The molecule has 0 spiro atoms. The molecule has 4 aromatic carbocycles. The van der Waals surface area contributed by atoms with Gasteiger partial charge in [0.15, 0.2) is 23.3 Å². The molecule has 228 valence electrons. The molecule has 0 fully saturated rings. The van der Waals surface area contributed by atoms with Crippen molar-refractivity contribution in [3.63, 3.8) is 0 Å². The Labute approximate surface area is 265 Å². The molecule has 7 aromatic rings. The van der Waals surface area contributed by atoms with Crippen LogP contribution in [0.5, 0.6) is 0 Å². The quantitative estimate of drug-likeness (QED) is 0.170. The Morgan fingerprint density at radius 2 is 0.809 bits per heavy atom. The fraction of sp³-hybridized carbons (Fsp3) is 0.0571. The number of nitrogens with two attached hydrogens (primary N) is 1. The molecule has 5 heterocycles. The van der Waals surface area contributed by atoms with Crippen molar-refractivity contribution >= 4 is 50.1 Å². The van der Waals surface area contributed by atoms with Crippen LogP contribution in [0, 0.1) is 0 Å². The number of fused-ring (bicyclic) bond motifs is 20. The number of hydrogen-bond donors (Lipinski definition) is 5. The summed E-state index contributed by atoms with van der Waals surface area (Å²) in [6, 6.07) is 31.1. The van der Waals surface area contributed by atoms with Crippen LogP contribution in [0.3, 0.4) is 0 Å². The predicted molar refractivity (Wildman–Crippen MR) is 179 cm³/mol. The average molecular weight is 620 g/mol. The zero-order valence-corrected chi connectivity index (χ0v) is 24.6. The van der Waals surface area contributed by atoms with Gasteiger partial charge in [0.1, 0.15) is 28.6 Å². The summed E-state index contributed by atoms with van der Waals surface area (Å²) in [6.07, 6.45) is 0. The highest BCUT2D eigenvalue weighted by atomic mass is 16.4. The van der Waals surface area contributed by atoms with E-state index in [0.717, 1.165) is 43.8 Å². The van der Waals surface area contributed by atoms with Gasteiger partial charge in [-0.2, -0.15) is 0 Å². The number of aliphatic carboxylic acids is 1. The molecule has 0 radical (unpaired) electrons. The van der Waals surface area contributed by atoms with Gasteiger partial charge in [0, 0.05) is 43.8 Å². The zero-order valence-electron chi connectivity index (χ0n) is 24.6. The molecule has 12 heteroatoms. The summed E-state index contributed by atoms with van der Waals surface area (Å²) >= 11 is 0. The number of aliphatic hydroxyl groups is 1. The van der Waals surface area contributed by atoms with Crippen LogP contribution >= 0.6 is 0 Å². The van der Waals surface area contributed by atoms with Crippen LogP contribution in [0.15, 0.2) is 97.1 Å². The molecular formula is C35H25N9O3. The Kier molecular flexibility index (Phi) is 6.71. The van der Waals surface area contributed by atoms with E-state index in [9.17, 15) is 4.79 Å². The van der Waals surface area contributed by atoms with Gasteiger partial charge in [0.05, 0.1) is 6.61 Å². The average Bonchev–Trinajstić information content (AvgIpc) is 3.84. The highest BCUT2D eigenvalue weighted by Crippen LogP contribution is 2.36. The summed E-state index contributed by atoms with van der Waals surface area (Å²) in [6.45, 7) is -0.505. The van der Waals surface area contributed by atoms with E-state index in [-0.39, 0.29) is 0 Å². The van der Waals surface area contributed by atoms with Crippen LogP contribution in [0.4, 0.5) is 0 Å². The molecule has 3 aromatic heterocycles. The summed E-state index contributed by atoms with van der Waals surface area (Å²) in [5, 5.41) is 19.7. The first-order valence-electron chi connectivity index (χ1n) is 14.8. The molecule has 0 unspecified atom stereocenters. The van der Waals surface area contributed by atoms with Crippen molar-refractivity contribution < 1.29 is 15.0 Å². The van der Waals surface area contributed by atoms with Gasteiger partial charge in [-0.3, -0.25) is 4.79 Å². The summed E-state index contributed by atoms with van der Waals surface area (Å²) in [5.41, 5.74) is 11.2. The topological polar surface area (TPSA) is 192 Å². The molecule has 9 rings (SSSR count). The Balaban J connectivity index is 0.000000420. The van der Waals surface area contributed by atoms with E-state index in [1.54, 1.807) is 0 Å². The summed E-state index contributed by atoms with van der Waals surface area (Å²) in [7, 11) is 0. The number of H-pyrrole nitrogens is 2. The fourth-order valence-electron chi connectivity index (χ4n) is 5.67. The summed E-state index contributed by atoms with van der Waals surface area (Å²) < 4.78 is 0. The minimum Gasteiger partial charge on any atom is -0.480 e. The van der Waals surface area contributed by atoms with E-state index < -0.39 is 18.6 Å². The third kappa shape index (κ3) is 4.84. The molecule has 6 N–H and O–H groups in total. The number of carboxylic acid groups (broad SMARTS) is 1. The number of aromatic nitrogens is 8.